The van der Waals surface area contributed by atoms with E-state index in [1.54, 1.807) is 0 Å². The molecular weight excluding hydrogens is 452 g/mol. The first-order chi connectivity index (χ1) is 16.8. The SMILES string of the molecule is CC(C)Nc1nc(N2CC(C)OC(c3cnn(C4CC4)c3)C2)nc(-c2ccc(F)cc2F)c1C=N. The monoisotopic (exact) mass is 481 g/mol. The number of hydrogen-bond acceptors (Lipinski definition) is 7. The lowest BCUT2D eigenvalue weighted by Crippen LogP contribution is -2.43. The van der Waals surface area contributed by atoms with Gasteiger partial charge >= 0.3 is 0 Å². The Morgan fingerprint density at radius 3 is 2.69 bits per heavy atom. The van der Waals surface area contributed by atoms with Crippen LogP contribution in [0.4, 0.5) is 20.5 Å². The Morgan fingerprint density at radius 1 is 1.20 bits per heavy atom. The van der Waals surface area contributed by atoms with Crippen molar-refractivity contribution in [1.29, 1.82) is 5.41 Å². The van der Waals surface area contributed by atoms with Crippen molar-refractivity contribution in [2.45, 2.75) is 57.9 Å². The molecule has 35 heavy (non-hydrogen) atoms. The maximum atomic E-state index is 14.8. The summed E-state index contributed by atoms with van der Waals surface area (Å²) >= 11 is 0. The molecular formula is C25H29F2N7O. The highest BCUT2D eigenvalue weighted by Gasteiger charge is 2.32. The van der Waals surface area contributed by atoms with Gasteiger partial charge in [0.2, 0.25) is 5.95 Å². The van der Waals surface area contributed by atoms with E-state index in [9.17, 15) is 8.78 Å². The molecule has 2 fully saturated rings. The minimum absolute atomic E-state index is 0.0204. The van der Waals surface area contributed by atoms with Crippen molar-refractivity contribution in [3.63, 3.8) is 0 Å². The lowest BCUT2D eigenvalue weighted by Gasteiger charge is -2.37. The van der Waals surface area contributed by atoms with E-state index in [-0.39, 0.29) is 29.5 Å². The molecule has 2 aliphatic rings. The molecule has 2 aromatic heterocycles. The highest BCUT2D eigenvalue weighted by atomic mass is 19.1. The maximum Gasteiger partial charge on any atom is 0.228 e. The number of benzene rings is 1. The molecule has 1 aliphatic carbocycles. The van der Waals surface area contributed by atoms with E-state index >= 15 is 0 Å². The van der Waals surface area contributed by atoms with Gasteiger partial charge in [0.25, 0.3) is 0 Å². The minimum Gasteiger partial charge on any atom is -0.367 e. The molecule has 184 valence electrons. The Kier molecular flexibility index (Phi) is 6.22. The average Bonchev–Trinajstić information content (AvgIpc) is 3.54. The highest BCUT2D eigenvalue weighted by molar-refractivity contribution is 5.93. The zero-order valence-corrected chi connectivity index (χ0v) is 20.0. The van der Waals surface area contributed by atoms with Gasteiger partial charge in [-0.05, 0) is 45.7 Å². The number of anilines is 2. The van der Waals surface area contributed by atoms with Crippen molar-refractivity contribution in [2.75, 3.05) is 23.3 Å². The average molecular weight is 482 g/mol. The van der Waals surface area contributed by atoms with Crippen molar-refractivity contribution in [1.82, 2.24) is 19.7 Å². The number of aromatic nitrogens is 4. The first kappa shape index (κ1) is 23.3. The third kappa shape index (κ3) is 4.88. The molecule has 1 aliphatic heterocycles. The smallest absolute Gasteiger partial charge is 0.228 e. The molecule has 0 amide bonds. The fraction of sp³-hybridized carbons (Fsp3) is 0.440. The number of nitrogens with one attached hydrogen (secondary N) is 2. The van der Waals surface area contributed by atoms with Crippen LogP contribution in [0.15, 0.2) is 30.6 Å². The van der Waals surface area contributed by atoms with E-state index in [0.717, 1.165) is 30.7 Å². The predicted octanol–water partition coefficient (Wildman–Crippen LogP) is 4.74. The van der Waals surface area contributed by atoms with Crippen LogP contribution in [0.25, 0.3) is 11.3 Å². The summed E-state index contributed by atoms with van der Waals surface area (Å²) < 4.78 is 36.6. The van der Waals surface area contributed by atoms with Gasteiger partial charge in [0.1, 0.15) is 23.6 Å². The van der Waals surface area contributed by atoms with E-state index in [2.05, 4.69) is 15.4 Å². The van der Waals surface area contributed by atoms with Crippen molar-refractivity contribution >= 4 is 18.0 Å². The molecule has 1 aromatic carbocycles. The van der Waals surface area contributed by atoms with Gasteiger partial charge in [-0.2, -0.15) is 10.1 Å². The predicted molar refractivity (Wildman–Crippen MR) is 130 cm³/mol. The summed E-state index contributed by atoms with van der Waals surface area (Å²) in [5.41, 5.74) is 1.69. The molecule has 1 saturated heterocycles. The standard InChI is InChI=1S/C25H29F2N7O/c1-14(2)30-24-20(9-28)23(19-7-4-17(26)8-21(19)27)31-25(32-24)33-11-15(3)35-22(13-33)16-10-29-34(12-16)18-5-6-18/h4,7-10,12,14-15,18,22,28H,5-6,11,13H2,1-3H3,(H,30,31,32). The van der Waals surface area contributed by atoms with E-state index in [1.165, 1.54) is 12.1 Å². The normalized spacial score (nSPS) is 20.3. The van der Waals surface area contributed by atoms with Crippen LogP contribution in [0, 0.1) is 17.0 Å². The van der Waals surface area contributed by atoms with E-state index < -0.39 is 11.6 Å². The summed E-state index contributed by atoms with van der Waals surface area (Å²) in [6.07, 6.45) is 6.98. The topological polar surface area (TPSA) is 91.9 Å². The fourth-order valence-corrected chi connectivity index (χ4v) is 4.36. The molecule has 8 nitrogen and oxygen atoms in total. The second kappa shape index (κ2) is 9.33. The zero-order chi connectivity index (χ0) is 24.7. The molecule has 2 unspecified atom stereocenters. The van der Waals surface area contributed by atoms with Crippen molar-refractivity contribution < 1.29 is 13.5 Å². The number of rotatable bonds is 7. The number of ether oxygens (including phenoxy) is 1. The molecule has 1 saturated carbocycles. The van der Waals surface area contributed by atoms with Crippen LogP contribution in [-0.4, -0.2) is 51.2 Å². The van der Waals surface area contributed by atoms with Crippen LogP contribution < -0.4 is 10.2 Å². The minimum atomic E-state index is -0.742. The summed E-state index contributed by atoms with van der Waals surface area (Å²) in [5.74, 6) is -0.591. The second-order valence-electron chi connectivity index (χ2n) is 9.53. The van der Waals surface area contributed by atoms with Gasteiger partial charge in [-0.3, -0.25) is 4.68 Å². The zero-order valence-electron chi connectivity index (χ0n) is 20.0. The Bertz CT molecular complexity index is 1240. The van der Waals surface area contributed by atoms with Crippen molar-refractivity contribution in [3.05, 3.63) is 53.4 Å². The summed E-state index contributed by atoms with van der Waals surface area (Å²) in [5, 5.41) is 15.7. The first-order valence-electron chi connectivity index (χ1n) is 11.9. The van der Waals surface area contributed by atoms with Crippen LogP contribution >= 0.6 is 0 Å². The summed E-state index contributed by atoms with van der Waals surface area (Å²) in [6, 6.07) is 3.86. The van der Waals surface area contributed by atoms with Gasteiger partial charge in [-0.1, -0.05) is 0 Å². The molecule has 0 bridgehead atoms. The molecule has 0 spiro atoms. The van der Waals surface area contributed by atoms with Gasteiger partial charge < -0.3 is 20.4 Å². The Morgan fingerprint density at radius 2 is 2.00 bits per heavy atom. The second-order valence-corrected chi connectivity index (χ2v) is 9.53. The lowest BCUT2D eigenvalue weighted by atomic mass is 10.1. The Labute approximate surface area is 202 Å². The summed E-state index contributed by atoms with van der Waals surface area (Å²) in [4.78, 5) is 11.4. The van der Waals surface area contributed by atoms with Crippen LogP contribution in [0.5, 0.6) is 0 Å². The maximum absolute atomic E-state index is 14.8. The number of nitrogens with zero attached hydrogens (tertiary/aromatic N) is 5. The van der Waals surface area contributed by atoms with Crippen molar-refractivity contribution in [3.8, 4) is 11.3 Å². The third-order valence-corrected chi connectivity index (χ3v) is 6.15. The quantitative estimate of drug-likeness (QED) is 0.474. The van der Waals surface area contributed by atoms with E-state index in [1.807, 2.05) is 42.7 Å². The number of hydrogen-bond donors (Lipinski definition) is 2. The third-order valence-electron chi connectivity index (χ3n) is 6.15. The molecule has 3 heterocycles. The Hall–Kier alpha value is -3.40. The van der Waals surface area contributed by atoms with Gasteiger partial charge in [0.05, 0.1) is 36.1 Å². The molecule has 2 N–H and O–H groups in total. The van der Waals surface area contributed by atoms with Gasteiger partial charge in [-0.25, -0.2) is 13.8 Å². The molecule has 3 aromatic rings. The Balaban J connectivity index is 1.54. The van der Waals surface area contributed by atoms with E-state index in [4.69, 9.17) is 15.1 Å². The van der Waals surface area contributed by atoms with Crippen LogP contribution in [0.2, 0.25) is 0 Å². The lowest BCUT2D eigenvalue weighted by molar-refractivity contribution is -0.0179. The number of halogens is 2. The summed E-state index contributed by atoms with van der Waals surface area (Å²) in [7, 11) is 0. The highest BCUT2D eigenvalue weighted by Crippen LogP contribution is 2.36. The summed E-state index contributed by atoms with van der Waals surface area (Å²) in [6.45, 7) is 6.95. The molecule has 0 radical (unpaired) electrons. The van der Waals surface area contributed by atoms with Gasteiger partial charge in [-0.15, -0.1) is 0 Å². The van der Waals surface area contributed by atoms with Crippen molar-refractivity contribution in [2.24, 2.45) is 0 Å². The largest absolute Gasteiger partial charge is 0.367 e. The van der Waals surface area contributed by atoms with Crippen LogP contribution in [-0.2, 0) is 4.74 Å². The fourth-order valence-electron chi connectivity index (χ4n) is 4.36. The van der Waals surface area contributed by atoms with E-state index in [0.29, 0.717) is 36.5 Å². The van der Waals surface area contributed by atoms with Crippen LogP contribution in [0.1, 0.15) is 56.9 Å². The number of morpholine rings is 1. The molecule has 10 heteroatoms. The first-order valence-corrected chi connectivity index (χ1v) is 11.9. The van der Waals surface area contributed by atoms with Crippen LogP contribution in [0.3, 0.4) is 0 Å². The molecule has 5 rings (SSSR count). The molecule has 2 atom stereocenters. The van der Waals surface area contributed by atoms with Gasteiger partial charge in [0, 0.05) is 42.2 Å². The van der Waals surface area contributed by atoms with Gasteiger partial charge in [0.15, 0.2) is 0 Å².